The summed E-state index contributed by atoms with van der Waals surface area (Å²) in [6, 6.07) is 5.44. The van der Waals surface area contributed by atoms with Gasteiger partial charge in [0.1, 0.15) is 0 Å². The molecule has 0 aliphatic carbocycles. The maximum Gasteiger partial charge on any atom is 0.247 e. The lowest BCUT2D eigenvalue weighted by molar-refractivity contribution is -0.139. The van der Waals surface area contributed by atoms with Crippen molar-refractivity contribution in [2.24, 2.45) is 10.9 Å². The Kier molecular flexibility index (Phi) is 4.98. The standard InChI is InChI=1S/C17H19N3O4S/c1-3-10(2)20-16(22)12(15(21)19-17(20)25)8-18-7-11-4-5-13-14(6-11)24-9-23-13/h4-6,8,10,12H,3,7,9H2,1-2H3,(H,19,21,25)/t10-,12+/m1/s1. The number of carbonyl (C=O) groups excluding carboxylic acids is 2. The van der Waals surface area contributed by atoms with Crippen LogP contribution in [0, 0.1) is 5.92 Å². The number of benzene rings is 1. The van der Waals surface area contributed by atoms with Gasteiger partial charge in [0, 0.05) is 12.3 Å². The van der Waals surface area contributed by atoms with E-state index >= 15 is 0 Å². The molecule has 1 aromatic rings. The summed E-state index contributed by atoms with van der Waals surface area (Å²) in [5, 5.41) is 2.73. The monoisotopic (exact) mass is 361 g/mol. The third kappa shape index (κ3) is 3.48. The van der Waals surface area contributed by atoms with Crippen LogP contribution in [-0.2, 0) is 16.1 Å². The van der Waals surface area contributed by atoms with Crippen molar-refractivity contribution in [2.45, 2.75) is 32.9 Å². The highest BCUT2D eigenvalue weighted by Crippen LogP contribution is 2.32. The van der Waals surface area contributed by atoms with Crippen molar-refractivity contribution < 1.29 is 19.1 Å². The summed E-state index contributed by atoms with van der Waals surface area (Å²) in [5.41, 5.74) is 0.901. The zero-order valence-corrected chi connectivity index (χ0v) is 14.8. The highest BCUT2D eigenvalue weighted by molar-refractivity contribution is 7.80. The predicted molar refractivity (Wildman–Crippen MR) is 95.6 cm³/mol. The van der Waals surface area contributed by atoms with Gasteiger partial charge in [-0.25, -0.2) is 0 Å². The molecule has 132 valence electrons. The van der Waals surface area contributed by atoms with Crippen molar-refractivity contribution >= 4 is 35.4 Å². The van der Waals surface area contributed by atoms with Gasteiger partial charge in [-0.1, -0.05) is 13.0 Å². The van der Waals surface area contributed by atoms with E-state index in [1.807, 2.05) is 32.0 Å². The maximum absolute atomic E-state index is 12.6. The van der Waals surface area contributed by atoms with Crippen LogP contribution in [-0.4, -0.2) is 40.9 Å². The summed E-state index contributed by atoms with van der Waals surface area (Å²) in [6.45, 7) is 4.40. The molecule has 25 heavy (non-hydrogen) atoms. The average molecular weight is 361 g/mol. The summed E-state index contributed by atoms with van der Waals surface area (Å²) in [4.78, 5) is 30.4. The number of carbonyl (C=O) groups is 2. The van der Waals surface area contributed by atoms with Crippen LogP contribution in [0.15, 0.2) is 23.2 Å². The van der Waals surface area contributed by atoms with Crippen molar-refractivity contribution in [2.75, 3.05) is 6.79 Å². The molecule has 1 saturated heterocycles. The first-order chi connectivity index (χ1) is 12.0. The smallest absolute Gasteiger partial charge is 0.247 e. The summed E-state index contributed by atoms with van der Waals surface area (Å²) >= 11 is 5.11. The molecule has 1 N–H and O–H groups in total. The van der Waals surface area contributed by atoms with Crippen LogP contribution in [0.2, 0.25) is 0 Å². The molecule has 1 aromatic carbocycles. The Balaban J connectivity index is 1.70. The van der Waals surface area contributed by atoms with Gasteiger partial charge < -0.3 is 14.8 Å². The molecule has 2 heterocycles. The molecule has 3 rings (SSSR count). The fraction of sp³-hybridized carbons (Fsp3) is 0.412. The second-order valence-corrected chi connectivity index (χ2v) is 6.30. The Morgan fingerprint density at radius 3 is 2.92 bits per heavy atom. The normalized spacial score (nSPS) is 21.0. The minimum atomic E-state index is -0.963. The molecule has 2 atom stereocenters. The van der Waals surface area contributed by atoms with E-state index in [0.29, 0.717) is 18.0 Å². The number of nitrogens with one attached hydrogen (secondary N) is 1. The molecule has 0 unspecified atom stereocenters. The second-order valence-electron chi connectivity index (χ2n) is 5.91. The number of thiocarbonyl (C=S) groups is 1. The first kappa shape index (κ1) is 17.3. The molecule has 0 bridgehead atoms. The van der Waals surface area contributed by atoms with Crippen LogP contribution in [0.25, 0.3) is 0 Å². The lowest BCUT2D eigenvalue weighted by atomic mass is 10.0. The third-order valence-corrected chi connectivity index (χ3v) is 4.53. The Labute approximate surface area is 151 Å². The zero-order valence-electron chi connectivity index (χ0n) is 14.0. The minimum absolute atomic E-state index is 0.0784. The Morgan fingerprint density at radius 2 is 2.16 bits per heavy atom. The molecule has 0 radical (unpaired) electrons. The topological polar surface area (TPSA) is 80.2 Å². The van der Waals surface area contributed by atoms with Gasteiger partial charge in [0.15, 0.2) is 22.5 Å². The van der Waals surface area contributed by atoms with Gasteiger partial charge in [-0.15, -0.1) is 0 Å². The lowest BCUT2D eigenvalue weighted by Crippen LogP contribution is -2.60. The van der Waals surface area contributed by atoms with Gasteiger partial charge >= 0.3 is 0 Å². The van der Waals surface area contributed by atoms with Gasteiger partial charge in [-0.2, -0.15) is 0 Å². The molecular weight excluding hydrogens is 342 g/mol. The van der Waals surface area contributed by atoms with Crippen molar-refractivity contribution in [1.29, 1.82) is 0 Å². The Hall–Kier alpha value is -2.48. The van der Waals surface area contributed by atoms with Crippen molar-refractivity contribution in [3.05, 3.63) is 23.8 Å². The zero-order chi connectivity index (χ0) is 18.0. The number of amides is 2. The van der Waals surface area contributed by atoms with Crippen LogP contribution in [0.1, 0.15) is 25.8 Å². The lowest BCUT2D eigenvalue weighted by Gasteiger charge is -2.34. The second kappa shape index (κ2) is 7.18. The quantitative estimate of drug-likeness (QED) is 0.490. The molecule has 2 aliphatic rings. The fourth-order valence-electron chi connectivity index (χ4n) is 2.64. The predicted octanol–water partition coefficient (Wildman–Crippen LogP) is 1.64. The number of rotatable bonds is 5. The molecule has 0 aromatic heterocycles. The molecule has 0 spiro atoms. The molecule has 0 saturated carbocycles. The van der Waals surface area contributed by atoms with E-state index in [1.54, 1.807) is 0 Å². The number of hydrogen-bond donors (Lipinski definition) is 1. The van der Waals surface area contributed by atoms with Gasteiger partial charge in [-0.3, -0.25) is 19.5 Å². The largest absolute Gasteiger partial charge is 0.454 e. The van der Waals surface area contributed by atoms with Gasteiger partial charge in [-0.05, 0) is 43.3 Å². The molecule has 7 nitrogen and oxygen atoms in total. The number of hydrogen-bond acceptors (Lipinski definition) is 6. The van der Waals surface area contributed by atoms with E-state index in [1.165, 1.54) is 11.1 Å². The minimum Gasteiger partial charge on any atom is -0.454 e. The van der Waals surface area contributed by atoms with Crippen molar-refractivity contribution in [1.82, 2.24) is 10.2 Å². The molecule has 2 amide bonds. The Morgan fingerprint density at radius 1 is 1.40 bits per heavy atom. The summed E-state index contributed by atoms with van der Waals surface area (Å²) in [5.74, 6) is -0.365. The summed E-state index contributed by atoms with van der Waals surface area (Å²) < 4.78 is 10.6. The maximum atomic E-state index is 12.6. The van der Waals surface area contributed by atoms with E-state index in [-0.39, 0.29) is 23.9 Å². The first-order valence-electron chi connectivity index (χ1n) is 8.07. The van der Waals surface area contributed by atoms with E-state index in [9.17, 15) is 9.59 Å². The molecule has 8 heteroatoms. The van der Waals surface area contributed by atoms with Gasteiger partial charge in [0.25, 0.3) is 0 Å². The van der Waals surface area contributed by atoms with Gasteiger partial charge in [0.2, 0.25) is 18.6 Å². The van der Waals surface area contributed by atoms with Crippen molar-refractivity contribution in [3.63, 3.8) is 0 Å². The fourth-order valence-corrected chi connectivity index (χ4v) is 3.01. The number of fused-ring (bicyclic) bond motifs is 1. The highest BCUT2D eigenvalue weighted by Gasteiger charge is 2.39. The third-order valence-electron chi connectivity index (χ3n) is 4.23. The van der Waals surface area contributed by atoms with E-state index in [2.05, 4.69) is 10.3 Å². The van der Waals surface area contributed by atoms with Crippen LogP contribution in [0.5, 0.6) is 11.5 Å². The van der Waals surface area contributed by atoms with E-state index < -0.39 is 11.8 Å². The molecular formula is C17H19N3O4S. The van der Waals surface area contributed by atoms with Crippen LogP contribution in [0.4, 0.5) is 0 Å². The van der Waals surface area contributed by atoms with Crippen LogP contribution >= 0.6 is 12.2 Å². The van der Waals surface area contributed by atoms with Crippen molar-refractivity contribution in [3.8, 4) is 11.5 Å². The first-order valence-corrected chi connectivity index (χ1v) is 8.48. The SMILES string of the molecule is CC[C@@H](C)N1C(=O)[C@@H](C=NCc2ccc3c(c2)OCO3)C(=O)NC1=S. The number of ether oxygens (including phenoxy) is 2. The molecule has 2 aliphatic heterocycles. The van der Waals surface area contributed by atoms with E-state index in [4.69, 9.17) is 21.7 Å². The number of aliphatic imine (C=N–C) groups is 1. The van der Waals surface area contributed by atoms with E-state index in [0.717, 1.165) is 12.0 Å². The highest BCUT2D eigenvalue weighted by atomic mass is 32.1. The van der Waals surface area contributed by atoms with Crippen LogP contribution < -0.4 is 14.8 Å². The summed E-state index contributed by atoms with van der Waals surface area (Å²) in [7, 11) is 0. The Bertz CT molecular complexity index is 749. The average Bonchev–Trinajstić information content (AvgIpc) is 3.05. The van der Waals surface area contributed by atoms with Gasteiger partial charge in [0.05, 0.1) is 6.54 Å². The number of nitrogens with zero attached hydrogens (tertiary/aromatic N) is 2. The molecule has 1 fully saturated rings. The van der Waals surface area contributed by atoms with Crippen LogP contribution in [0.3, 0.4) is 0 Å². The summed E-state index contributed by atoms with van der Waals surface area (Å²) in [6.07, 6.45) is 2.13.